The maximum Gasteiger partial charge on any atom is 0.407 e. The van der Waals surface area contributed by atoms with Gasteiger partial charge in [-0.3, -0.25) is 9.69 Å². The maximum atomic E-state index is 11.4. The highest BCUT2D eigenvalue weighted by molar-refractivity contribution is 5.69. The zero-order chi connectivity index (χ0) is 13.8. The molecule has 0 spiro atoms. The number of amides is 1. The third-order valence-corrected chi connectivity index (χ3v) is 3.82. The molecule has 0 bridgehead atoms. The molecule has 6 nitrogen and oxygen atoms in total. The molecule has 1 amide bonds. The molecule has 2 aliphatic rings. The Morgan fingerprint density at radius 3 is 2.53 bits per heavy atom. The number of ether oxygens (including phenoxy) is 2. The van der Waals surface area contributed by atoms with Gasteiger partial charge in [-0.1, -0.05) is 0 Å². The molecule has 0 aromatic heterocycles. The van der Waals surface area contributed by atoms with Crippen molar-refractivity contribution >= 4 is 12.1 Å². The summed E-state index contributed by atoms with van der Waals surface area (Å²) in [6.45, 7) is 1.76. The van der Waals surface area contributed by atoms with Gasteiger partial charge in [0.05, 0.1) is 14.2 Å². The van der Waals surface area contributed by atoms with Gasteiger partial charge in [0.1, 0.15) is 0 Å². The van der Waals surface area contributed by atoms with E-state index in [9.17, 15) is 9.59 Å². The van der Waals surface area contributed by atoms with Crippen LogP contribution in [0.4, 0.5) is 4.79 Å². The van der Waals surface area contributed by atoms with Crippen LogP contribution in [0.5, 0.6) is 0 Å². The molecule has 0 radical (unpaired) electrons. The Bertz CT molecular complexity index is 318. The van der Waals surface area contributed by atoms with Gasteiger partial charge in [0.2, 0.25) is 0 Å². The molecule has 2 unspecified atom stereocenters. The van der Waals surface area contributed by atoms with Gasteiger partial charge >= 0.3 is 12.1 Å². The number of hydrogen-bond acceptors (Lipinski definition) is 5. The molecular formula is C13H22N2O4. The Kier molecular flexibility index (Phi) is 4.63. The first-order valence-electron chi connectivity index (χ1n) is 6.77. The molecule has 0 aromatic rings. The van der Waals surface area contributed by atoms with Gasteiger partial charge in [-0.05, 0) is 25.2 Å². The van der Waals surface area contributed by atoms with Gasteiger partial charge in [-0.2, -0.15) is 0 Å². The van der Waals surface area contributed by atoms with Crippen molar-refractivity contribution in [2.45, 2.75) is 37.8 Å². The molecule has 1 saturated heterocycles. The summed E-state index contributed by atoms with van der Waals surface area (Å²) in [5.74, 6) is 0.0587. The van der Waals surface area contributed by atoms with Gasteiger partial charge in [-0.25, -0.2) is 4.79 Å². The van der Waals surface area contributed by atoms with Crippen LogP contribution < -0.4 is 5.32 Å². The molecule has 6 heteroatoms. The van der Waals surface area contributed by atoms with E-state index >= 15 is 0 Å². The summed E-state index contributed by atoms with van der Waals surface area (Å²) < 4.78 is 9.37. The average molecular weight is 270 g/mol. The lowest BCUT2D eigenvalue weighted by Gasteiger charge is -2.37. The lowest BCUT2D eigenvalue weighted by molar-refractivity contribution is -0.142. The zero-order valence-corrected chi connectivity index (χ0v) is 11.6. The Labute approximate surface area is 113 Å². The SMILES string of the molecule is COC(=O)CC1CC(NC(=O)OC)CN(C2CC2)C1. The Morgan fingerprint density at radius 1 is 1.21 bits per heavy atom. The van der Waals surface area contributed by atoms with E-state index in [2.05, 4.69) is 15.0 Å². The fourth-order valence-corrected chi connectivity index (χ4v) is 2.78. The minimum absolute atomic E-state index is 0.0523. The van der Waals surface area contributed by atoms with Crippen LogP contribution in [-0.2, 0) is 14.3 Å². The van der Waals surface area contributed by atoms with Crippen LogP contribution in [0.2, 0.25) is 0 Å². The molecule has 1 aliphatic carbocycles. The molecule has 2 fully saturated rings. The number of carbonyl (C=O) groups is 2. The van der Waals surface area contributed by atoms with Crippen molar-refractivity contribution in [1.29, 1.82) is 0 Å². The number of esters is 1. The van der Waals surface area contributed by atoms with Crippen molar-refractivity contribution in [3.8, 4) is 0 Å². The largest absolute Gasteiger partial charge is 0.469 e. The van der Waals surface area contributed by atoms with Crippen LogP contribution in [0.3, 0.4) is 0 Å². The topological polar surface area (TPSA) is 67.9 Å². The van der Waals surface area contributed by atoms with E-state index in [1.165, 1.54) is 27.1 Å². The fraction of sp³-hybridized carbons (Fsp3) is 0.846. The number of hydrogen-bond donors (Lipinski definition) is 1. The highest BCUT2D eigenvalue weighted by Gasteiger charge is 2.37. The number of methoxy groups -OCH3 is 2. The molecule has 2 rings (SSSR count). The maximum absolute atomic E-state index is 11.4. The number of nitrogens with zero attached hydrogens (tertiary/aromatic N) is 1. The highest BCUT2D eigenvalue weighted by Crippen LogP contribution is 2.32. The molecule has 1 heterocycles. The number of rotatable bonds is 4. The molecule has 2 atom stereocenters. The number of piperidine rings is 1. The minimum Gasteiger partial charge on any atom is -0.469 e. The van der Waals surface area contributed by atoms with Crippen LogP contribution in [0, 0.1) is 5.92 Å². The fourth-order valence-electron chi connectivity index (χ4n) is 2.78. The monoisotopic (exact) mass is 270 g/mol. The normalized spacial score (nSPS) is 27.7. The lowest BCUT2D eigenvalue weighted by Crippen LogP contribution is -2.51. The Balaban J connectivity index is 1.91. The zero-order valence-electron chi connectivity index (χ0n) is 11.6. The smallest absolute Gasteiger partial charge is 0.407 e. The molecule has 1 N–H and O–H groups in total. The molecular weight excluding hydrogens is 248 g/mol. The second-order valence-corrected chi connectivity index (χ2v) is 5.40. The Morgan fingerprint density at radius 2 is 1.95 bits per heavy atom. The van der Waals surface area contributed by atoms with Crippen molar-refractivity contribution in [3.63, 3.8) is 0 Å². The summed E-state index contributed by atoms with van der Waals surface area (Å²) in [5, 5.41) is 2.85. The van der Waals surface area contributed by atoms with E-state index in [0.717, 1.165) is 19.5 Å². The van der Waals surface area contributed by atoms with Crippen molar-refractivity contribution < 1.29 is 19.1 Å². The van der Waals surface area contributed by atoms with E-state index in [-0.39, 0.29) is 17.9 Å². The third-order valence-electron chi connectivity index (χ3n) is 3.82. The van der Waals surface area contributed by atoms with Gasteiger partial charge < -0.3 is 14.8 Å². The van der Waals surface area contributed by atoms with Crippen LogP contribution in [0.25, 0.3) is 0 Å². The van der Waals surface area contributed by atoms with E-state index in [1.54, 1.807) is 0 Å². The van der Waals surface area contributed by atoms with E-state index in [0.29, 0.717) is 12.5 Å². The molecule has 108 valence electrons. The van der Waals surface area contributed by atoms with Gasteiger partial charge in [0.15, 0.2) is 0 Å². The predicted molar refractivity (Wildman–Crippen MR) is 68.7 cm³/mol. The second kappa shape index (κ2) is 6.23. The third kappa shape index (κ3) is 4.09. The van der Waals surface area contributed by atoms with Crippen LogP contribution in [-0.4, -0.2) is 56.4 Å². The van der Waals surface area contributed by atoms with Crippen LogP contribution in [0.15, 0.2) is 0 Å². The first-order valence-corrected chi connectivity index (χ1v) is 6.77. The summed E-state index contributed by atoms with van der Waals surface area (Å²) in [4.78, 5) is 25.1. The number of alkyl carbamates (subject to hydrolysis) is 1. The van der Waals surface area contributed by atoms with E-state index in [1.807, 2.05) is 0 Å². The summed E-state index contributed by atoms with van der Waals surface area (Å²) in [6, 6.07) is 0.679. The van der Waals surface area contributed by atoms with Gasteiger partial charge in [0, 0.05) is 31.6 Å². The van der Waals surface area contributed by atoms with E-state index in [4.69, 9.17) is 4.74 Å². The van der Waals surface area contributed by atoms with Gasteiger partial charge in [0.25, 0.3) is 0 Å². The number of carbonyl (C=O) groups excluding carboxylic acids is 2. The number of likely N-dealkylation sites (tertiary alicyclic amines) is 1. The molecule has 1 saturated carbocycles. The van der Waals surface area contributed by atoms with Crippen molar-refractivity contribution in [2.75, 3.05) is 27.3 Å². The van der Waals surface area contributed by atoms with Crippen LogP contribution >= 0.6 is 0 Å². The first kappa shape index (κ1) is 14.1. The van der Waals surface area contributed by atoms with Gasteiger partial charge in [-0.15, -0.1) is 0 Å². The molecule has 1 aliphatic heterocycles. The standard InChI is InChI=1S/C13H22N2O4/c1-18-12(16)6-9-5-10(14-13(17)19-2)8-15(7-9)11-3-4-11/h9-11H,3-8H2,1-2H3,(H,14,17). The van der Waals surface area contributed by atoms with E-state index < -0.39 is 6.09 Å². The van der Waals surface area contributed by atoms with Crippen molar-refractivity contribution in [3.05, 3.63) is 0 Å². The summed E-state index contributed by atoms with van der Waals surface area (Å²) in [7, 11) is 2.77. The predicted octanol–water partition coefficient (Wildman–Crippen LogP) is 0.758. The molecule has 19 heavy (non-hydrogen) atoms. The number of nitrogens with one attached hydrogen (secondary N) is 1. The Hall–Kier alpha value is -1.30. The second-order valence-electron chi connectivity index (χ2n) is 5.40. The average Bonchev–Trinajstić information content (AvgIpc) is 3.22. The summed E-state index contributed by atoms with van der Waals surface area (Å²) in [5.41, 5.74) is 0. The summed E-state index contributed by atoms with van der Waals surface area (Å²) in [6.07, 6.45) is 3.25. The molecule has 0 aromatic carbocycles. The lowest BCUT2D eigenvalue weighted by atomic mass is 9.91. The highest BCUT2D eigenvalue weighted by atomic mass is 16.5. The summed E-state index contributed by atoms with van der Waals surface area (Å²) >= 11 is 0. The van der Waals surface area contributed by atoms with Crippen molar-refractivity contribution in [2.24, 2.45) is 5.92 Å². The minimum atomic E-state index is -0.403. The first-order chi connectivity index (χ1) is 9.12. The quantitative estimate of drug-likeness (QED) is 0.764. The van der Waals surface area contributed by atoms with Crippen molar-refractivity contribution in [1.82, 2.24) is 10.2 Å². The van der Waals surface area contributed by atoms with Crippen LogP contribution in [0.1, 0.15) is 25.7 Å².